The Morgan fingerprint density at radius 3 is 2.00 bits per heavy atom. The van der Waals surface area contributed by atoms with E-state index in [0.717, 1.165) is 19.3 Å². The molecule has 0 radical (unpaired) electrons. The molecular formula is C11H22O2. The van der Waals surface area contributed by atoms with Crippen molar-refractivity contribution in [3.63, 3.8) is 0 Å². The summed E-state index contributed by atoms with van der Waals surface area (Å²) in [4.78, 5) is 11.6. The highest BCUT2D eigenvalue weighted by atomic mass is 16.5. The topological polar surface area (TPSA) is 26.3 Å². The lowest BCUT2D eigenvalue weighted by atomic mass is 9.94. The van der Waals surface area contributed by atoms with Gasteiger partial charge in [-0.3, -0.25) is 4.79 Å². The van der Waals surface area contributed by atoms with E-state index in [1.807, 2.05) is 6.92 Å². The number of carbonyl (C=O) groups is 1. The highest BCUT2D eigenvalue weighted by Crippen LogP contribution is 2.15. The first-order valence-electron chi connectivity index (χ1n) is 5.24. The van der Waals surface area contributed by atoms with E-state index in [1.165, 1.54) is 0 Å². The quantitative estimate of drug-likeness (QED) is 0.611. The van der Waals surface area contributed by atoms with E-state index in [9.17, 15) is 4.79 Å². The van der Waals surface area contributed by atoms with Gasteiger partial charge in [0.05, 0.1) is 0 Å². The molecule has 0 aromatic rings. The number of hydrogen-bond donors (Lipinski definition) is 0. The predicted octanol–water partition coefficient (Wildman–Crippen LogP) is 2.81. The first-order chi connectivity index (χ1) is 6.19. The van der Waals surface area contributed by atoms with Crippen LogP contribution in [0.5, 0.6) is 0 Å². The maximum Gasteiger partial charge on any atom is 0.161 e. The lowest BCUT2D eigenvalue weighted by Crippen LogP contribution is -2.24. The molecule has 0 aliphatic carbocycles. The molecular weight excluding hydrogens is 164 g/mol. The van der Waals surface area contributed by atoms with E-state index < -0.39 is 0 Å². The van der Waals surface area contributed by atoms with Gasteiger partial charge in [0.1, 0.15) is 6.10 Å². The number of carbonyl (C=O) groups excluding carboxylic acids is 1. The van der Waals surface area contributed by atoms with Gasteiger partial charge in [0, 0.05) is 13.5 Å². The highest BCUT2D eigenvalue weighted by Gasteiger charge is 2.18. The van der Waals surface area contributed by atoms with Crippen molar-refractivity contribution < 1.29 is 9.53 Å². The van der Waals surface area contributed by atoms with E-state index in [0.29, 0.717) is 12.3 Å². The third kappa shape index (κ3) is 4.41. The van der Waals surface area contributed by atoms with Gasteiger partial charge in [-0.25, -0.2) is 0 Å². The van der Waals surface area contributed by atoms with Crippen LogP contribution in [0, 0.1) is 5.92 Å². The van der Waals surface area contributed by atoms with Crippen LogP contribution in [0.4, 0.5) is 0 Å². The van der Waals surface area contributed by atoms with Crippen molar-refractivity contribution in [1.29, 1.82) is 0 Å². The van der Waals surface area contributed by atoms with Gasteiger partial charge in [0.25, 0.3) is 0 Å². The van der Waals surface area contributed by atoms with Crippen LogP contribution in [0.3, 0.4) is 0 Å². The lowest BCUT2D eigenvalue weighted by Gasteiger charge is -2.16. The Bertz CT molecular complexity index is 135. The second kappa shape index (κ2) is 7.07. The largest absolute Gasteiger partial charge is 0.374 e. The summed E-state index contributed by atoms with van der Waals surface area (Å²) in [6.45, 7) is 6.25. The Labute approximate surface area is 81.7 Å². The summed E-state index contributed by atoms with van der Waals surface area (Å²) < 4.78 is 5.10. The van der Waals surface area contributed by atoms with Crippen molar-refractivity contribution >= 4 is 5.78 Å². The molecule has 0 amide bonds. The molecule has 78 valence electrons. The van der Waals surface area contributed by atoms with Crippen molar-refractivity contribution in [1.82, 2.24) is 0 Å². The second-order valence-corrected chi connectivity index (χ2v) is 3.49. The molecule has 0 bridgehead atoms. The fraction of sp³-hybridized carbons (Fsp3) is 0.909. The number of ketones is 1. The van der Waals surface area contributed by atoms with Gasteiger partial charge in [-0.2, -0.15) is 0 Å². The lowest BCUT2D eigenvalue weighted by molar-refractivity contribution is -0.130. The molecule has 1 unspecified atom stereocenters. The molecule has 0 spiro atoms. The Hall–Kier alpha value is -0.370. The number of Topliss-reactive ketones (excluding diaryl/α,β-unsaturated/α-hetero) is 1. The van der Waals surface area contributed by atoms with E-state index in [-0.39, 0.29) is 11.9 Å². The van der Waals surface area contributed by atoms with Crippen LogP contribution in [-0.4, -0.2) is 19.0 Å². The fourth-order valence-corrected chi connectivity index (χ4v) is 1.52. The predicted molar refractivity (Wildman–Crippen MR) is 54.8 cm³/mol. The third-order valence-electron chi connectivity index (χ3n) is 2.66. The smallest absolute Gasteiger partial charge is 0.161 e. The van der Waals surface area contributed by atoms with E-state index in [1.54, 1.807) is 7.11 Å². The van der Waals surface area contributed by atoms with Gasteiger partial charge >= 0.3 is 0 Å². The summed E-state index contributed by atoms with van der Waals surface area (Å²) in [5.41, 5.74) is 0. The summed E-state index contributed by atoms with van der Waals surface area (Å²) >= 11 is 0. The van der Waals surface area contributed by atoms with E-state index in [2.05, 4.69) is 13.8 Å². The van der Waals surface area contributed by atoms with Crippen molar-refractivity contribution in [3.05, 3.63) is 0 Å². The minimum Gasteiger partial charge on any atom is -0.374 e. The molecule has 0 saturated heterocycles. The van der Waals surface area contributed by atoms with Crippen LogP contribution >= 0.6 is 0 Å². The van der Waals surface area contributed by atoms with Gasteiger partial charge in [-0.1, -0.05) is 33.6 Å². The Morgan fingerprint density at radius 1 is 1.15 bits per heavy atom. The molecule has 0 aromatic heterocycles. The number of hydrogen-bond acceptors (Lipinski definition) is 2. The first kappa shape index (κ1) is 12.6. The van der Waals surface area contributed by atoms with Gasteiger partial charge in [0.15, 0.2) is 5.78 Å². The van der Waals surface area contributed by atoms with Crippen LogP contribution in [0.25, 0.3) is 0 Å². The zero-order chi connectivity index (χ0) is 10.3. The van der Waals surface area contributed by atoms with E-state index >= 15 is 0 Å². The summed E-state index contributed by atoms with van der Waals surface area (Å²) in [5.74, 6) is 0.801. The van der Waals surface area contributed by atoms with Crippen LogP contribution in [-0.2, 0) is 9.53 Å². The van der Waals surface area contributed by atoms with Crippen molar-refractivity contribution in [2.75, 3.05) is 7.11 Å². The maximum absolute atomic E-state index is 11.6. The molecule has 0 heterocycles. The number of rotatable bonds is 7. The normalized spacial score (nSPS) is 13.3. The molecule has 0 rings (SSSR count). The highest BCUT2D eigenvalue weighted by molar-refractivity contribution is 5.83. The standard InChI is InChI=1S/C11H22O2/c1-5-9(6-2)8-10(12)11(7-3)13-4/h9,11H,5-8H2,1-4H3. The summed E-state index contributed by atoms with van der Waals surface area (Å²) in [6, 6.07) is 0. The van der Waals surface area contributed by atoms with Crippen molar-refractivity contribution in [3.8, 4) is 0 Å². The number of methoxy groups -OCH3 is 1. The second-order valence-electron chi connectivity index (χ2n) is 3.49. The maximum atomic E-state index is 11.6. The van der Waals surface area contributed by atoms with Crippen LogP contribution < -0.4 is 0 Å². The van der Waals surface area contributed by atoms with Crippen molar-refractivity contribution in [2.45, 2.75) is 52.6 Å². The molecule has 0 fully saturated rings. The molecule has 13 heavy (non-hydrogen) atoms. The molecule has 0 aliphatic rings. The Balaban J connectivity index is 3.95. The zero-order valence-corrected chi connectivity index (χ0v) is 9.30. The summed E-state index contributed by atoms with van der Waals surface area (Å²) in [6.07, 6.45) is 3.46. The zero-order valence-electron chi connectivity index (χ0n) is 9.30. The molecule has 0 N–H and O–H groups in total. The van der Waals surface area contributed by atoms with Gasteiger partial charge in [0.2, 0.25) is 0 Å². The SMILES string of the molecule is CCC(CC)CC(=O)C(CC)OC. The summed E-state index contributed by atoms with van der Waals surface area (Å²) in [7, 11) is 1.61. The molecule has 0 aliphatic heterocycles. The first-order valence-corrected chi connectivity index (χ1v) is 5.24. The monoisotopic (exact) mass is 186 g/mol. The average Bonchev–Trinajstić information content (AvgIpc) is 2.16. The molecule has 2 heteroatoms. The molecule has 0 aromatic carbocycles. The van der Waals surface area contributed by atoms with Gasteiger partial charge in [-0.05, 0) is 12.3 Å². The fourth-order valence-electron chi connectivity index (χ4n) is 1.52. The molecule has 1 atom stereocenters. The van der Waals surface area contributed by atoms with Gasteiger partial charge in [-0.15, -0.1) is 0 Å². The number of ether oxygens (including phenoxy) is 1. The van der Waals surface area contributed by atoms with Crippen molar-refractivity contribution in [2.24, 2.45) is 5.92 Å². The minimum atomic E-state index is -0.180. The van der Waals surface area contributed by atoms with E-state index in [4.69, 9.17) is 4.74 Å². The molecule has 0 saturated carbocycles. The molecule has 2 nitrogen and oxygen atoms in total. The summed E-state index contributed by atoms with van der Waals surface area (Å²) in [5, 5.41) is 0. The van der Waals surface area contributed by atoms with Crippen LogP contribution in [0.15, 0.2) is 0 Å². The third-order valence-corrected chi connectivity index (χ3v) is 2.66. The Morgan fingerprint density at radius 2 is 1.69 bits per heavy atom. The van der Waals surface area contributed by atoms with Crippen LogP contribution in [0.1, 0.15) is 46.5 Å². The van der Waals surface area contributed by atoms with Gasteiger partial charge < -0.3 is 4.74 Å². The average molecular weight is 186 g/mol. The minimum absolute atomic E-state index is 0.180. The van der Waals surface area contributed by atoms with Crippen LogP contribution in [0.2, 0.25) is 0 Å². The Kier molecular flexibility index (Phi) is 6.87.